The Labute approximate surface area is 122 Å². The summed E-state index contributed by atoms with van der Waals surface area (Å²) in [5.41, 5.74) is 0. The van der Waals surface area contributed by atoms with Crippen LogP contribution in [0, 0.1) is 17.8 Å². The van der Waals surface area contributed by atoms with E-state index in [0.717, 1.165) is 0 Å². The van der Waals surface area contributed by atoms with E-state index in [2.05, 4.69) is 0 Å². The van der Waals surface area contributed by atoms with Gasteiger partial charge in [-0.2, -0.15) is 13.2 Å². The lowest BCUT2D eigenvalue weighted by Crippen LogP contribution is -2.35. The van der Waals surface area contributed by atoms with Crippen LogP contribution < -0.4 is 0 Å². The normalized spacial score (nSPS) is 24.7. The van der Waals surface area contributed by atoms with Crippen molar-refractivity contribution >= 4 is 16.0 Å². The molecule has 0 aromatic carbocycles. The van der Waals surface area contributed by atoms with Crippen LogP contribution in [0.25, 0.3) is 0 Å². The summed E-state index contributed by atoms with van der Waals surface area (Å²) in [7, 11) is -3.87. The van der Waals surface area contributed by atoms with E-state index in [1.165, 1.54) is 0 Å². The average molecular weight is 331 g/mol. The van der Waals surface area contributed by atoms with E-state index in [-0.39, 0.29) is 11.7 Å². The van der Waals surface area contributed by atoms with E-state index >= 15 is 0 Å². The number of halogens is 3. The maximum atomic E-state index is 12.8. The van der Waals surface area contributed by atoms with Crippen molar-refractivity contribution in [2.45, 2.75) is 32.9 Å². The van der Waals surface area contributed by atoms with Gasteiger partial charge < -0.3 is 5.11 Å². The number of hydrogen-bond donors (Lipinski definition) is 1. The Morgan fingerprint density at radius 3 is 2.14 bits per heavy atom. The molecular formula is C12H20F3NO4S. The highest BCUT2D eigenvalue weighted by atomic mass is 32.2. The standard InChI is InChI=1S/C12H20F3NO4S/c1-3-8(4-2)7-21(19,20)16-5-9(11(17)18)10(6-16)12(13,14)15/h8-10H,3-7H2,1-2H3,(H,17,18)/t9-,10-/m1/s1. The quantitative estimate of drug-likeness (QED) is 0.807. The molecule has 1 heterocycles. The SMILES string of the molecule is CCC(CC)CS(=O)(=O)N1C[C@@H](C(F)(F)F)[C@H](C(=O)O)C1. The van der Waals surface area contributed by atoms with Gasteiger partial charge >= 0.3 is 12.1 Å². The Hall–Kier alpha value is -0.830. The Balaban J connectivity index is 2.93. The highest BCUT2D eigenvalue weighted by Crippen LogP contribution is 2.39. The van der Waals surface area contributed by atoms with Gasteiger partial charge in [0.2, 0.25) is 10.0 Å². The summed E-state index contributed by atoms with van der Waals surface area (Å²) in [4.78, 5) is 10.9. The number of carboxylic acids is 1. The van der Waals surface area contributed by atoms with Gasteiger partial charge in [-0.1, -0.05) is 26.7 Å². The molecule has 0 aliphatic carbocycles. The molecule has 0 aromatic heterocycles. The minimum absolute atomic E-state index is 0.136. The number of rotatable bonds is 6. The van der Waals surface area contributed by atoms with Crippen LogP contribution in [-0.2, 0) is 14.8 Å². The van der Waals surface area contributed by atoms with Crippen LogP contribution in [0.4, 0.5) is 13.2 Å². The van der Waals surface area contributed by atoms with Crippen molar-refractivity contribution in [3.63, 3.8) is 0 Å². The molecule has 9 heteroatoms. The molecule has 0 saturated carbocycles. The summed E-state index contributed by atoms with van der Waals surface area (Å²) >= 11 is 0. The molecule has 1 aliphatic rings. The maximum Gasteiger partial charge on any atom is 0.393 e. The lowest BCUT2D eigenvalue weighted by Gasteiger charge is -2.20. The molecule has 1 N–H and O–H groups in total. The van der Waals surface area contributed by atoms with Gasteiger partial charge in [0.05, 0.1) is 17.6 Å². The zero-order valence-corrected chi connectivity index (χ0v) is 12.7. The van der Waals surface area contributed by atoms with E-state index in [1.54, 1.807) is 0 Å². The van der Waals surface area contributed by atoms with E-state index in [1.807, 2.05) is 13.8 Å². The minimum atomic E-state index is -4.72. The van der Waals surface area contributed by atoms with Gasteiger partial charge in [-0.25, -0.2) is 12.7 Å². The maximum absolute atomic E-state index is 12.8. The highest BCUT2D eigenvalue weighted by molar-refractivity contribution is 7.89. The zero-order chi connectivity index (χ0) is 16.4. The van der Waals surface area contributed by atoms with Crippen LogP contribution in [0.15, 0.2) is 0 Å². The summed E-state index contributed by atoms with van der Waals surface area (Å²) < 4.78 is 63.5. The van der Waals surface area contributed by atoms with Crippen LogP contribution in [0.2, 0.25) is 0 Å². The molecule has 5 nitrogen and oxygen atoms in total. The predicted octanol–water partition coefficient (Wildman–Crippen LogP) is 1.95. The fourth-order valence-corrected chi connectivity index (χ4v) is 4.56. The summed E-state index contributed by atoms with van der Waals surface area (Å²) in [5, 5.41) is 8.88. The fraction of sp³-hybridized carbons (Fsp3) is 0.917. The Morgan fingerprint density at radius 2 is 1.81 bits per heavy atom. The van der Waals surface area contributed by atoms with Crippen LogP contribution in [0.1, 0.15) is 26.7 Å². The number of nitrogens with zero attached hydrogens (tertiary/aromatic N) is 1. The first-order valence-electron chi connectivity index (χ1n) is 6.80. The van der Waals surface area contributed by atoms with Gasteiger partial charge in [0.15, 0.2) is 0 Å². The number of aliphatic carboxylic acids is 1. The number of carboxylic acid groups (broad SMARTS) is 1. The first-order chi connectivity index (χ1) is 9.52. The lowest BCUT2D eigenvalue weighted by atomic mass is 9.96. The van der Waals surface area contributed by atoms with Gasteiger partial charge in [-0.15, -0.1) is 0 Å². The molecule has 0 spiro atoms. The molecule has 1 rings (SSSR count). The van der Waals surface area contributed by atoms with Crippen molar-refractivity contribution in [3.8, 4) is 0 Å². The van der Waals surface area contributed by atoms with Crippen LogP contribution in [0.3, 0.4) is 0 Å². The zero-order valence-electron chi connectivity index (χ0n) is 11.9. The lowest BCUT2D eigenvalue weighted by molar-refractivity contribution is -0.187. The second-order valence-electron chi connectivity index (χ2n) is 5.37. The summed E-state index contributed by atoms with van der Waals surface area (Å²) in [6.45, 7) is 2.21. The average Bonchev–Trinajstić information content (AvgIpc) is 2.81. The van der Waals surface area contributed by atoms with E-state index in [0.29, 0.717) is 17.1 Å². The predicted molar refractivity (Wildman–Crippen MR) is 70.1 cm³/mol. The van der Waals surface area contributed by atoms with Gasteiger partial charge in [0.1, 0.15) is 0 Å². The van der Waals surface area contributed by atoms with E-state index < -0.39 is 47.1 Å². The van der Waals surface area contributed by atoms with E-state index in [4.69, 9.17) is 5.11 Å². The number of sulfonamides is 1. The van der Waals surface area contributed by atoms with Gasteiger partial charge in [-0.05, 0) is 5.92 Å². The second kappa shape index (κ2) is 6.51. The molecule has 0 radical (unpaired) electrons. The van der Waals surface area contributed by atoms with Crippen molar-refractivity contribution in [1.82, 2.24) is 4.31 Å². The molecule has 2 atom stereocenters. The highest BCUT2D eigenvalue weighted by Gasteiger charge is 2.54. The van der Waals surface area contributed by atoms with Gasteiger partial charge in [0.25, 0.3) is 0 Å². The molecule has 1 saturated heterocycles. The first kappa shape index (κ1) is 18.2. The van der Waals surface area contributed by atoms with Crippen LogP contribution in [-0.4, -0.2) is 48.8 Å². The van der Waals surface area contributed by atoms with Crippen molar-refractivity contribution in [2.75, 3.05) is 18.8 Å². The van der Waals surface area contributed by atoms with Crippen molar-refractivity contribution in [1.29, 1.82) is 0 Å². The molecule has 1 aliphatic heterocycles. The summed E-state index contributed by atoms with van der Waals surface area (Å²) in [6.07, 6.45) is -3.51. The smallest absolute Gasteiger partial charge is 0.393 e. The molecular weight excluding hydrogens is 311 g/mol. The Bertz CT molecular complexity index is 473. The first-order valence-corrected chi connectivity index (χ1v) is 8.41. The third-order valence-electron chi connectivity index (χ3n) is 4.02. The third-order valence-corrected chi connectivity index (χ3v) is 6.00. The Kier molecular flexibility index (Phi) is 5.65. The minimum Gasteiger partial charge on any atom is -0.481 e. The molecule has 0 bridgehead atoms. The number of carbonyl (C=O) groups is 1. The number of hydrogen-bond acceptors (Lipinski definition) is 3. The van der Waals surface area contributed by atoms with Gasteiger partial charge in [-0.3, -0.25) is 4.79 Å². The van der Waals surface area contributed by atoms with Crippen LogP contribution in [0.5, 0.6) is 0 Å². The molecule has 0 unspecified atom stereocenters. The topological polar surface area (TPSA) is 74.7 Å². The number of alkyl halides is 3. The molecule has 0 amide bonds. The third kappa shape index (κ3) is 4.32. The van der Waals surface area contributed by atoms with Crippen molar-refractivity contribution in [3.05, 3.63) is 0 Å². The van der Waals surface area contributed by atoms with Crippen molar-refractivity contribution in [2.24, 2.45) is 17.8 Å². The van der Waals surface area contributed by atoms with Crippen LogP contribution >= 0.6 is 0 Å². The largest absolute Gasteiger partial charge is 0.481 e. The fourth-order valence-electron chi connectivity index (χ4n) is 2.50. The monoisotopic (exact) mass is 331 g/mol. The summed E-state index contributed by atoms with van der Waals surface area (Å²) in [6, 6.07) is 0. The van der Waals surface area contributed by atoms with E-state index in [9.17, 15) is 26.4 Å². The molecule has 21 heavy (non-hydrogen) atoms. The van der Waals surface area contributed by atoms with Crippen molar-refractivity contribution < 1.29 is 31.5 Å². The second-order valence-corrected chi connectivity index (χ2v) is 7.38. The molecule has 0 aromatic rings. The Morgan fingerprint density at radius 1 is 1.29 bits per heavy atom. The molecule has 124 valence electrons. The van der Waals surface area contributed by atoms with Gasteiger partial charge in [0, 0.05) is 13.1 Å². The molecule has 1 fully saturated rings. The summed E-state index contributed by atoms with van der Waals surface area (Å²) in [5.74, 6) is -5.87.